The van der Waals surface area contributed by atoms with Crippen molar-refractivity contribution in [2.24, 2.45) is 0 Å². The summed E-state index contributed by atoms with van der Waals surface area (Å²) in [5.74, 6) is 1.01. The summed E-state index contributed by atoms with van der Waals surface area (Å²) in [6.45, 7) is 2.52. The van der Waals surface area contributed by atoms with E-state index in [2.05, 4.69) is 10.6 Å². The number of aryl methyl sites for hydroxylation is 1. The van der Waals surface area contributed by atoms with Crippen LogP contribution in [0, 0.1) is 6.92 Å². The Bertz CT molecular complexity index is 627. The van der Waals surface area contributed by atoms with Gasteiger partial charge in [-0.2, -0.15) is 0 Å². The predicted octanol–water partition coefficient (Wildman–Crippen LogP) is 3.20. The number of ether oxygens (including phenoxy) is 1. The minimum absolute atomic E-state index is 0.184. The molecule has 0 aliphatic rings. The second-order valence-corrected chi connectivity index (χ2v) is 5.08. The minimum atomic E-state index is 0.184. The van der Waals surface area contributed by atoms with Crippen molar-refractivity contribution >= 4 is 23.0 Å². The SMILES string of the molecule is COc1ccc(CNC(=S)Nc2ccc(C)cc2O)cc1. The van der Waals surface area contributed by atoms with Crippen molar-refractivity contribution in [3.8, 4) is 11.5 Å². The topological polar surface area (TPSA) is 53.5 Å². The van der Waals surface area contributed by atoms with Gasteiger partial charge in [0, 0.05) is 6.54 Å². The molecule has 0 saturated carbocycles. The third-order valence-electron chi connectivity index (χ3n) is 3.01. The average Bonchev–Trinajstić information content (AvgIpc) is 2.48. The van der Waals surface area contributed by atoms with Crippen LogP contribution in [0.25, 0.3) is 0 Å². The molecule has 2 aromatic carbocycles. The van der Waals surface area contributed by atoms with Crippen LogP contribution in [0.2, 0.25) is 0 Å². The van der Waals surface area contributed by atoms with Gasteiger partial charge in [-0.05, 0) is 54.5 Å². The third-order valence-corrected chi connectivity index (χ3v) is 3.26. The van der Waals surface area contributed by atoms with E-state index in [0.29, 0.717) is 17.3 Å². The van der Waals surface area contributed by atoms with Gasteiger partial charge in [0.2, 0.25) is 0 Å². The lowest BCUT2D eigenvalue weighted by Gasteiger charge is -2.12. The molecule has 2 aromatic rings. The number of methoxy groups -OCH3 is 1. The Kier molecular flexibility index (Phi) is 5.00. The number of phenolic OH excluding ortho intramolecular Hbond substituents is 1. The smallest absolute Gasteiger partial charge is 0.171 e. The summed E-state index contributed by atoms with van der Waals surface area (Å²) in [6.07, 6.45) is 0. The highest BCUT2D eigenvalue weighted by atomic mass is 32.1. The summed E-state index contributed by atoms with van der Waals surface area (Å²) >= 11 is 5.22. The monoisotopic (exact) mass is 302 g/mol. The molecule has 0 spiro atoms. The summed E-state index contributed by atoms with van der Waals surface area (Å²) in [5.41, 5.74) is 2.68. The minimum Gasteiger partial charge on any atom is -0.506 e. The normalized spacial score (nSPS) is 10.0. The lowest BCUT2D eigenvalue weighted by atomic mass is 10.2. The number of hydrogen-bond donors (Lipinski definition) is 3. The van der Waals surface area contributed by atoms with E-state index in [1.54, 1.807) is 19.2 Å². The van der Waals surface area contributed by atoms with E-state index in [4.69, 9.17) is 17.0 Å². The molecule has 0 aliphatic carbocycles. The highest BCUT2D eigenvalue weighted by Crippen LogP contribution is 2.23. The molecule has 110 valence electrons. The molecule has 0 aromatic heterocycles. The molecule has 2 rings (SSSR count). The molecule has 0 fully saturated rings. The molecular weight excluding hydrogens is 284 g/mol. The number of hydrogen-bond acceptors (Lipinski definition) is 3. The Balaban J connectivity index is 1.89. The number of rotatable bonds is 4. The molecule has 0 aliphatic heterocycles. The summed E-state index contributed by atoms with van der Waals surface area (Å²) in [6, 6.07) is 13.1. The van der Waals surface area contributed by atoms with E-state index in [1.165, 1.54) is 0 Å². The van der Waals surface area contributed by atoms with E-state index in [0.717, 1.165) is 16.9 Å². The molecule has 21 heavy (non-hydrogen) atoms. The molecule has 3 N–H and O–H groups in total. The van der Waals surface area contributed by atoms with Crippen LogP contribution in [0.15, 0.2) is 42.5 Å². The van der Waals surface area contributed by atoms with Crippen LogP contribution >= 0.6 is 12.2 Å². The molecule has 0 saturated heterocycles. The van der Waals surface area contributed by atoms with Gasteiger partial charge in [-0.3, -0.25) is 0 Å². The molecule has 4 nitrogen and oxygen atoms in total. The van der Waals surface area contributed by atoms with Crippen molar-refractivity contribution in [2.75, 3.05) is 12.4 Å². The largest absolute Gasteiger partial charge is 0.506 e. The van der Waals surface area contributed by atoms with Gasteiger partial charge < -0.3 is 20.5 Å². The fourth-order valence-corrected chi connectivity index (χ4v) is 2.02. The fourth-order valence-electron chi connectivity index (χ4n) is 1.84. The van der Waals surface area contributed by atoms with E-state index >= 15 is 0 Å². The molecular formula is C16H18N2O2S. The maximum absolute atomic E-state index is 9.82. The molecule has 0 unspecified atom stereocenters. The zero-order valence-corrected chi connectivity index (χ0v) is 12.8. The number of benzene rings is 2. The van der Waals surface area contributed by atoms with Crippen molar-refractivity contribution in [3.05, 3.63) is 53.6 Å². The second kappa shape index (κ2) is 6.95. The highest BCUT2D eigenvalue weighted by Gasteiger charge is 2.03. The van der Waals surface area contributed by atoms with Crippen molar-refractivity contribution in [1.82, 2.24) is 5.32 Å². The number of phenols is 1. The first-order chi connectivity index (χ1) is 10.1. The Morgan fingerprint density at radius 1 is 1.19 bits per heavy atom. The van der Waals surface area contributed by atoms with Crippen LogP contribution in [0.4, 0.5) is 5.69 Å². The van der Waals surface area contributed by atoms with Gasteiger partial charge in [0.1, 0.15) is 11.5 Å². The van der Waals surface area contributed by atoms with Gasteiger partial charge in [-0.1, -0.05) is 18.2 Å². The lowest BCUT2D eigenvalue weighted by Crippen LogP contribution is -2.27. The summed E-state index contributed by atoms with van der Waals surface area (Å²) < 4.78 is 5.11. The first kappa shape index (κ1) is 15.1. The van der Waals surface area contributed by atoms with Crippen molar-refractivity contribution < 1.29 is 9.84 Å². The summed E-state index contributed by atoms with van der Waals surface area (Å²) in [7, 11) is 1.64. The van der Waals surface area contributed by atoms with Crippen LogP contribution in [0.5, 0.6) is 11.5 Å². The Morgan fingerprint density at radius 2 is 1.90 bits per heavy atom. The third kappa shape index (κ3) is 4.36. The van der Waals surface area contributed by atoms with Crippen molar-refractivity contribution in [3.63, 3.8) is 0 Å². The van der Waals surface area contributed by atoms with Crippen LogP contribution in [0.1, 0.15) is 11.1 Å². The summed E-state index contributed by atoms with van der Waals surface area (Å²) in [4.78, 5) is 0. The molecule has 0 heterocycles. The molecule has 0 radical (unpaired) electrons. The first-order valence-corrected chi connectivity index (χ1v) is 6.96. The quantitative estimate of drug-likeness (QED) is 0.598. The van der Waals surface area contributed by atoms with Crippen LogP contribution < -0.4 is 15.4 Å². The zero-order chi connectivity index (χ0) is 15.2. The number of thiocarbonyl (C=S) groups is 1. The maximum Gasteiger partial charge on any atom is 0.171 e. The standard InChI is InChI=1S/C16H18N2O2S/c1-11-3-8-14(15(19)9-11)18-16(21)17-10-12-4-6-13(20-2)7-5-12/h3-9,19H,10H2,1-2H3,(H2,17,18,21). The summed E-state index contributed by atoms with van der Waals surface area (Å²) in [5, 5.41) is 16.4. The van der Waals surface area contributed by atoms with Gasteiger partial charge in [-0.15, -0.1) is 0 Å². The number of aromatic hydroxyl groups is 1. The average molecular weight is 302 g/mol. The zero-order valence-electron chi connectivity index (χ0n) is 12.0. The van der Waals surface area contributed by atoms with Gasteiger partial charge in [0.05, 0.1) is 12.8 Å². The number of anilines is 1. The molecule has 0 atom stereocenters. The van der Waals surface area contributed by atoms with Crippen molar-refractivity contribution in [1.29, 1.82) is 0 Å². The van der Waals surface area contributed by atoms with E-state index in [9.17, 15) is 5.11 Å². The van der Waals surface area contributed by atoms with Crippen molar-refractivity contribution in [2.45, 2.75) is 13.5 Å². The molecule has 0 bridgehead atoms. The molecule has 0 amide bonds. The fraction of sp³-hybridized carbons (Fsp3) is 0.188. The predicted molar refractivity (Wildman–Crippen MR) is 88.9 cm³/mol. The Hall–Kier alpha value is -2.27. The van der Waals surface area contributed by atoms with Crippen LogP contribution in [-0.4, -0.2) is 17.3 Å². The van der Waals surface area contributed by atoms with Gasteiger partial charge >= 0.3 is 0 Å². The Morgan fingerprint density at radius 3 is 2.52 bits per heavy atom. The number of nitrogens with one attached hydrogen (secondary N) is 2. The lowest BCUT2D eigenvalue weighted by molar-refractivity contribution is 0.414. The molecule has 5 heteroatoms. The van der Waals surface area contributed by atoms with E-state index in [1.807, 2.05) is 37.3 Å². The van der Waals surface area contributed by atoms with Gasteiger partial charge in [0.25, 0.3) is 0 Å². The highest BCUT2D eigenvalue weighted by molar-refractivity contribution is 7.80. The van der Waals surface area contributed by atoms with Gasteiger partial charge in [-0.25, -0.2) is 0 Å². The first-order valence-electron chi connectivity index (χ1n) is 6.56. The van der Waals surface area contributed by atoms with E-state index < -0.39 is 0 Å². The second-order valence-electron chi connectivity index (χ2n) is 4.68. The van der Waals surface area contributed by atoms with E-state index in [-0.39, 0.29) is 5.75 Å². The maximum atomic E-state index is 9.82. The van der Waals surface area contributed by atoms with Crippen LogP contribution in [0.3, 0.4) is 0 Å². The Labute approximate surface area is 129 Å². The van der Waals surface area contributed by atoms with Gasteiger partial charge in [0.15, 0.2) is 5.11 Å². The van der Waals surface area contributed by atoms with Crippen LogP contribution in [-0.2, 0) is 6.54 Å².